The van der Waals surface area contributed by atoms with Crippen molar-refractivity contribution in [2.45, 2.75) is 46.0 Å². The summed E-state index contributed by atoms with van der Waals surface area (Å²) in [6, 6.07) is 4.80. The first-order chi connectivity index (χ1) is 10.0. The maximum Gasteiger partial charge on any atom is 0.123 e. The Labute approximate surface area is 133 Å². The van der Waals surface area contributed by atoms with Crippen molar-refractivity contribution in [2.75, 3.05) is 13.1 Å². The van der Waals surface area contributed by atoms with E-state index in [9.17, 15) is 4.39 Å². The van der Waals surface area contributed by atoms with E-state index in [2.05, 4.69) is 26.1 Å². The van der Waals surface area contributed by atoms with Crippen LogP contribution in [-0.2, 0) is 0 Å². The molecule has 1 nitrogen and oxygen atoms in total. The molecule has 1 aliphatic carbocycles. The van der Waals surface area contributed by atoms with Gasteiger partial charge in [0.25, 0.3) is 0 Å². The summed E-state index contributed by atoms with van der Waals surface area (Å²) in [6.45, 7) is 8.69. The van der Waals surface area contributed by atoms with Crippen LogP contribution in [0.3, 0.4) is 0 Å². The second-order valence-corrected chi connectivity index (χ2v) is 7.06. The predicted molar refractivity (Wildman–Crippen MR) is 88.4 cm³/mol. The van der Waals surface area contributed by atoms with Crippen LogP contribution < -0.4 is 5.32 Å². The van der Waals surface area contributed by atoms with Gasteiger partial charge in [0.05, 0.1) is 0 Å². The van der Waals surface area contributed by atoms with Gasteiger partial charge in [0, 0.05) is 5.02 Å². The maximum absolute atomic E-state index is 13.7. The Bertz CT molecular complexity index is 461. The SMILES string of the molecule is CCNCC1CCC(C(C)C)CC1c1cc(F)ccc1Cl. The minimum Gasteiger partial charge on any atom is -0.317 e. The third-order valence-corrected chi connectivity index (χ3v) is 5.34. The van der Waals surface area contributed by atoms with Crippen molar-refractivity contribution in [3.05, 3.63) is 34.6 Å². The van der Waals surface area contributed by atoms with E-state index >= 15 is 0 Å². The lowest BCUT2D eigenvalue weighted by molar-refractivity contribution is 0.191. The van der Waals surface area contributed by atoms with Crippen LogP contribution in [0.4, 0.5) is 4.39 Å². The van der Waals surface area contributed by atoms with Gasteiger partial charge in [0.2, 0.25) is 0 Å². The molecule has 1 saturated carbocycles. The Morgan fingerprint density at radius 3 is 2.76 bits per heavy atom. The molecule has 0 aromatic heterocycles. The molecule has 1 N–H and O–H groups in total. The van der Waals surface area contributed by atoms with Gasteiger partial charge in [0.15, 0.2) is 0 Å². The molecule has 0 bridgehead atoms. The number of benzene rings is 1. The smallest absolute Gasteiger partial charge is 0.123 e. The van der Waals surface area contributed by atoms with Crippen molar-refractivity contribution in [1.82, 2.24) is 5.32 Å². The van der Waals surface area contributed by atoms with E-state index in [-0.39, 0.29) is 5.82 Å². The van der Waals surface area contributed by atoms with Gasteiger partial charge < -0.3 is 5.32 Å². The normalized spacial score (nSPS) is 26.3. The van der Waals surface area contributed by atoms with Crippen LogP contribution in [0.5, 0.6) is 0 Å². The molecule has 0 heterocycles. The van der Waals surface area contributed by atoms with Gasteiger partial charge in [-0.2, -0.15) is 0 Å². The molecule has 3 heteroatoms. The molecule has 1 aromatic carbocycles. The van der Waals surface area contributed by atoms with E-state index in [1.807, 2.05) is 0 Å². The van der Waals surface area contributed by atoms with E-state index in [1.54, 1.807) is 12.1 Å². The van der Waals surface area contributed by atoms with Crippen molar-refractivity contribution >= 4 is 11.6 Å². The Balaban J connectivity index is 2.25. The summed E-state index contributed by atoms with van der Waals surface area (Å²) in [6.07, 6.45) is 3.60. The zero-order chi connectivity index (χ0) is 15.4. The highest BCUT2D eigenvalue weighted by atomic mass is 35.5. The van der Waals surface area contributed by atoms with Crippen LogP contribution >= 0.6 is 11.6 Å². The quantitative estimate of drug-likeness (QED) is 0.783. The van der Waals surface area contributed by atoms with E-state index in [1.165, 1.54) is 18.9 Å². The summed E-state index contributed by atoms with van der Waals surface area (Å²) in [5.74, 6) is 2.14. The molecule has 0 amide bonds. The molecule has 21 heavy (non-hydrogen) atoms. The van der Waals surface area contributed by atoms with Gasteiger partial charge in [0.1, 0.15) is 5.82 Å². The number of hydrogen-bond donors (Lipinski definition) is 1. The van der Waals surface area contributed by atoms with Crippen molar-refractivity contribution in [3.8, 4) is 0 Å². The van der Waals surface area contributed by atoms with Crippen molar-refractivity contribution in [2.24, 2.45) is 17.8 Å². The Hall–Kier alpha value is -0.600. The number of halogens is 2. The number of hydrogen-bond acceptors (Lipinski definition) is 1. The standard InChI is InChI=1S/C18H27ClFN/c1-4-21-11-14-6-5-13(12(2)3)9-16(14)17-10-15(20)7-8-18(17)19/h7-8,10,12-14,16,21H,4-6,9,11H2,1-3H3. The lowest BCUT2D eigenvalue weighted by atomic mass is 9.68. The minimum absolute atomic E-state index is 0.178. The molecule has 3 atom stereocenters. The molecule has 0 saturated heterocycles. The van der Waals surface area contributed by atoms with Gasteiger partial charge in [-0.3, -0.25) is 0 Å². The van der Waals surface area contributed by atoms with E-state index in [0.717, 1.165) is 25.1 Å². The summed E-state index contributed by atoms with van der Waals surface area (Å²) < 4.78 is 13.7. The summed E-state index contributed by atoms with van der Waals surface area (Å²) in [5, 5.41) is 4.17. The van der Waals surface area contributed by atoms with Crippen LogP contribution in [-0.4, -0.2) is 13.1 Å². The van der Waals surface area contributed by atoms with Crippen LogP contribution in [0.1, 0.15) is 51.5 Å². The van der Waals surface area contributed by atoms with Crippen molar-refractivity contribution in [3.63, 3.8) is 0 Å². The fraction of sp³-hybridized carbons (Fsp3) is 0.667. The lowest BCUT2D eigenvalue weighted by Gasteiger charge is -2.38. The summed E-state index contributed by atoms with van der Waals surface area (Å²) in [5.41, 5.74) is 1.00. The third kappa shape index (κ3) is 4.20. The fourth-order valence-electron chi connectivity index (χ4n) is 3.63. The van der Waals surface area contributed by atoms with Gasteiger partial charge in [-0.15, -0.1) is 0 Å². The van der Waals surface area contributed by atoms with Crippen molar-refractivity contribution in [1.29, 1.82) is 0 Å². The average Bonchev–Trinajstić information content (AvgIpc) is 2.47. The van der Waals surface area contributed by atoms with Crippen molar-refractivity contribution < 1.29 is 4.39 Å². The number of rotatable bonds is 5. The predicted octanol–water partition coefficient (Wildman–Crippen LogP) is 5.24. The molecule has 0 radical (unpaired) electrons. The molecule has 1 aliphatic rings. The van der Waals surface area contributed by atoms with E-state index < -0.39 is 0 Å². The largest absolute Gasteiger partial charge is 0.317 e. The first-order valence-corrected chi connectivity index (χ1v) is 8.56. The molecule has 1 aromatic rings. The number of nitrogens with one attached hydrogen (secondary N) is 1. The molecule has 118 valence electrons. The van der Waals surface area contributed by atoms with Crippen LogP contribution in [0.2, 0.25) is 5.02 Å². The third-order valence-electron chi connectivity index (χ3n) is 4.99. The zero-order valence-electron chi connectivity index (χ0n) is 13.3. The van der Waals surface area contributed by atoms with E-state index in [0.29, 0.717) is 28.7 Å². The van der Waals surface area contributed by atoms with Gasteiger partial charge >= 0.3 is 0 Å². The minimum atomic E-state index is -0.178. The van der Waals surface area contributed by atoms with Gasteiger partial charge in [-0.25, -0.2) is 4.39 Å². The highest BCUT2D eigenvalue weighted by Gasteiger charge is 2.33. The molecule has 2 rings (SSSR count). The molecule has 0 spiro atoms. The monoisotopic (exact) mass is 311 g/mol. The van der Waals surface area contributed by atoms with Crippen LogP contribution in [0.15, 0.2) is 18.2 Å². The van der Waals surface area contributed by atoms with Crippen LogP contribution in [0, 0.1) is 23.6 Å². The maximum atomic E-state index is 13.7. The molecule has 3 unspecified atom stereocenters. The highest BCUT2D eigenvalue weighted by Crippen LogP contribution is 2.44. The van der Waals surface area contributed by atoms with Gasteiger partial charge in [-0.1, -0.05) is 32.4 Å². The second-order valence-electron chi connectivity index (χ2n) is 6.66. The summed E-state index contributed by atoms with van der Waals surface area (Å²) >= 11 is 6.37. The fourth-order valence-corrected chi connectivity index (χ4v) is 3.88. The summed E-state index contributed by atoms with van der Waals surface area (Å²) in [7, 11) is 0. The summed E-state index contributed by atoms with van der Waals surface area (Å²) in [4.78, 5) is 0. The van der Waals surface area contributed by atoms with E-state index in [4.69, 9.17) is 11.6 Å². The molecular formula is C18H27ClFN. The molecule has 1 fully saturated rings. The van der Waals surface area contributed by atoms with Gasteiger partial charge in [-0.05, 0) is 79.8 Å². The Morgan fingerprint density at radius 2 is 2.10 bits per heavy atom. The van der Waals surface area contributed by atoms with Crippen LogP contribution in [0.25, 0.3) is 0 Å². The Kier molecular flexibility index (Phi) is 6.07. The topological polar surface area (TPSA) is 12.0 Å². The molecular weight excluding hydrogens is 285 g/mol. The highest BCUT2D eigenvalue weighted by molar-refractivity contribution is 6.31. The molecule has 0 aliphatic heterocycles. The lowest BCUT2D eigenvalue weighted by Crippen LogP contribution is -2.33. The second kappa shape index (κ2) is 7.60. The zero-order valence-corrected chi connectivity index (χ0v) is 14.1. The first-order valence-electron chi connectivity index (χ1n) is 8.18. The first kappa shape index (κ1) is 16.8. The average molecular weight is 312 g/mol. The Morgan fingerprint density at radius 1 is 1.33 bits per heavy atom.